The number of aromatic amines is 4. The van der Waals surface area contributed by atoms with Crippen LogP contribution in [-0.4, -0.2) is 179 Å². The van der Waals surface area contributed by atoms with Crippen molar-refractivity contribution < 1.29 is 98.2 Å². The number of nitrogens with zero attached hydrogens (tertiary/aromatic N) is 8. The van der Waals surface area contributed by atoms with E-state index in [1.165, 1.54) is 37.5 Å². The van der Waals surface area contributed by atoms with Crippen molar-refractivity contribution in [3.8, 4) is 0 Å². The van der Waals surface area contributed by atoms with Gasteiger partial charge < -0.3 is 30.2 Å². The molecule has 2 aromatic heterocycles. The minimum atomic E-state index is -5.23. The van der Waals surface area contributed by atoms with Gasteiger partial charge in [0.25, 0.3) is 60.7 Å². The molecule has 0 saturated heterocycles. The lowest BCUT2D eigenvalue weighted by Crippen LogP contribution is -2.41. The number of rotatable bonds is 22. The number of hydrogen-bond acceptors (Lipinski definition) is 24. The lowest BCUT2D eigenvalue weighted by molar-refractivity contribution is 0.176. The Bertz CT molecular complexity index is 4250. The molecule has 0 radical (unpaired) electrons. The molecular formula is C44H52N12O22S6. The van der Waals surface area contributed by atoms with Gasteiger partial charge in [0.05, 0.1) is 57.0 Å². The van der Waals surface area contributed by atoms with E-state index in [-0.39, 0.29) is 60.6 Å². The first kappa shape index (κ1) is 65.9. The molecule has 456 valence electrons. The van der Waals surface area contributed by atoms with Crippen LogP contribution in [0.15, 0.2) is 122 Å². The number of aliphatic hydroxyl groups is 4. The van der Waals surface area contributed by atoms with Gasteiger partial charge >= 0.3 is 0 Å². The first-order valence-corrected chi connectivity index (χ1v) is 32.2. The summed E-state index contributed by atoms with van der Waals surface area (Å²) >= 11 is 0. The Labute approximate surface area is 477 Å². The molecule has 6 rings (SSSR count). The highest BCUT2D eigenvalue weighted by atomic mass is 32.2. The van der Waals surface area contributed by atoms with Crippen molar-refractivity contribution in [2.24, 2.45) is 20.0 Å². The number of hydrogen-bond donors (Lipinski definition) is 14. The fourth-order valence-corrected chi connectivity index (χ4v) is 11.2. The summed E-state index contributed by atoms with van der Waals surface area (Å²) in [5.74, 6) is -0.522. The summed E-state index contributed by atoms with van der Waals surface area (Å²) < 4.78 is 209. The fraction of sp³-hybridized carbons (Fsp3) is 0.273. The molecule has 4 aromatic carbocycles. The van der Waals surface area contributed by atoms with Gasteiger partial charge in [-0.25, -0.2) is 20.0 Å². The number of benzene rings is 4. The number of H-pyrrole nitrogens is 4. The number of aromatic nitrogens is 6. The smallest absolute Gasteiger partial charge is 0.296 e. The maximum absolute atomic E-state index is 12.9. The van der Waals surface area contributed by atoms with E-state index in [0.717, 1.165) is 48.6 Å². The summed E-state index contributed by atoms with van der Waals surface area (Å²) in [7, 11) is -30.7. The van der Waals surface area contributed by atoms with Gasteiger partial charge in [-0.2, -0.15) is 60.5 Å². The molecule has 0 aliphatic carbocycles. The highest BCUT2D eigenvalue weighted by molar-refractivity contribution is 7.87. The Morgan fingerprint density at radius 3 is 1.00 bits per heavy atom. The Morgan fingerprint density at radius 2 is 0.726 bits per heavy atom. The van der Waals surface area contributed by atoms with Gasteiger partial charge in [-0.15, -0.1) is 0 Å². The molecule has 4 atom stereocenters. The average Bonchev–Trinajstić information content (AvgIpc) is 1.60. The Kier molecular flexibility index (Phi) is 20.0. The van der Waals surface area contributed by atoms with Crippen LogP contribution in [0.4, 0.5) is 34.6 Å². The van der Waals surface area contributed by atoms with Crippen LogP contribution >= 0.6 is 0 Å². The predicted molar refractivity (Wildman–Crippen MR) is 292 cm³/mol. The van der Waals surface area contributed by atoms with Crippen molar-refractivity contribution >= 4 is 108 Å². The van der Waals surface area contributed by atoms with E-state index >= 15 is 0 Å². The van der Waals surface area contributed by atoms with E-state index in [4.69, 9.17) is 0 Å². The molecule has 34 nitrogen and oxygen atoms in total. The monoisotopic (exact) mass is 1290 g/mol. The molecule has 0 aliphatic heterocycles. The molecule has 0 fully saturated rings. The van der Waals surface area contributed by atoms with Crippen LogP contribution in [0.3, 0.4) is 0 Å². The largest absolute Gasteiger partial charge is 0.392 e. The van der Waals surface area contributed by atoms with Crippen LogP contribution < -0.4 is 32.3 Å². The predicted octanol–water partition coefficient (Wildman–Crippen LogP) is -0.495. The molecule has 40 heteroatoms. The highest BCUT2D eigenvalue weighted by Gasteiger charge is 2.24. The van der Waals surface area contributed by atoms with Crippen molar-refractivity contribution in [3.63, 3.8) is 0 Å². The summed E-state index contributed by atoms with van der Waals surface area (Å²) in [6, 6.07) is 9.85. The second kappa shape index (κ2) is 25.5. The van der Waals surface area contributed by atoms with Gasteiger partial charge in [0.1, 0.15) is 19.6 Å². The van der Waals surface area contributed by atoms with Crippen LogP contribution in [-0.2, 0) is 60.7 Å². The Morgan fingerprint density at radius 1 is 0.417 bits per heavy atom. The van der Waals surface area contributed by atoms with E-state index < -0.39 is 148 Å². The van der Waals surface area contributed by atoms with Crippen LogP contribution in [0.2, 0.25) is 0 Å². The van der Waals surface area contributed by atoms with Crippen molar-refractivity contribution in [1.29, 1.82) is 0 Å². The van der Waals surface area contributed by atoms with Gasteiger partial charge in [0, 0.05) is 26.2 Å². The number of aliphatic hydroxyl groups excluding tert-OH is 4. The molecule has 0 bridgehead atoms. The highest BCUT2D eigenvalue weighted by Crippen LogP contribution is 2.30. The minimum absolute atomic E-state index is 0.237. The third-order valence-electron chi connectivity index (χ3n) is 10.8. The normalized spacial score (nSPS) is 15.4. The molecule has 2 heterocycles. The maximum Gasteiger partial charge on any atom is 0.296 e. The lowest BCUT2D eigenvalue weighted by atomic mass is 10.1. The van der Waals surface area contributed by atoms with Crippen molar-refractivity contribution in [2.75, 3.05) is 36.0 Å². The maximum atomic E-state index is 12.9. The molecule has 14 N–H and O–H groups in total. The SMILES string of the molecule is CC(O)CN(CC(C)O)c1nc(=Nc2ccc(/C=C/c3ccc(N=c4nc(N(CC(C)O)CC(C)O)[nH]c(=Nc5cc(S(=O)(=O)O)ccc5S(=O)(=O)O)[nH]4)cc3S(=O)(=O)O)c(S(=O)(=O)O)c2)[nH]c(=Nc2cc(S(=O)(=O)O)ccc2S(=O)(=O)O)[nH]1. The molecular weight excluding hydrogens is 1240 g/mol. The van der Waals surface area contributed by atoms with E-state index in [2.05, 4.69) is 49.9 Å². The molecule has 0 aliphatic rings. The van der Waals surface area contributed by atoms with E-state index in [1.54, 1.807) is 0 Å². The van der Waals surface area contributed by atoms with Gasteiger partial charge in [-0.1, -0.05) is 24.3 Å². The van der Waals surface area contributed by atoms with Crippen LogP contribution in [0.5, 0.6) is 0 Å². The van der Waals surface area contributed by atoms with Gasteiger partial charge in [-0.05, 0) is 99.5 Å². The number of anilines is 2. The van der Waals surface area contributed by atoms with E-state index in [1.807, 2.05) is 0 Å². The summed E-state index contributed by atoms with van der Waals surface area (Å²) in [5.41, 5.74) is -4.89. The summed E-state index contributed by atoms with van der Waals surface area (Å²) in [4.78, 5) is 32.8. The van der Waals surface area contributed by atoms with E-state index in [0.29, 0.717) is 36.4 Å². The molecule has 0 saturated carbocycles. The van der Waals surface area contributed by atoms with Crippen LogP contribution in [0, 0.1) is 0 Å². The summed E-state index contributed by atoms with van der Waals surface area (Å²) in [5, 5.41) is 41.1. The second-order valence-electron chi connectivity index (χ2n) is 18.3. The Hall–Kier alpha value is -7.26. The quantitative estimate of drug-likeness (QED) is 0.0301. The number of nitrogens with one attached hydrogen (secondary N) is 4. The van der Waals surface area contributed by atoms with Crippen molar-refractivity contribution in [2.45, 2.75) is 81.5 Å². The fourth-order valence-electron chi connectivity index (χ4n) is 7.59. The van der Waals surface area contributed by atoms with Crippen LogP contribution in [0.1, 0.15) is 38.8 Å². The van der Waals surface area contributed by atoms with Gasteiger partial charge in [0.2, 0.25) is 34.4 Å². The lowest BCUT2D eigenvalue weighted by Gasteiger charge is -2.25. The zero-order valence-corrected chi connectivity index (χ0v) is 48.5. The first-order valence-electron chi connectivity index (χ1n) is 23.6. The van der Waals surface area contributed by atoms with Crippen LogP contribution in [0.25, 0.3) is 12.2 Å². The molecule has 84 heavy (non-hydrogen) atoms. The zero-order valence-electron chi connectivity index (χ0n) is 43.6. The first-order chi connectivity index (χ1) is 38.6. The molecule has 4 unspecified atom stereocenters. The van der Waals surface area contributed by atoms with Gasteiger partial charge in [-0.3, -0.25) is 47.3 Å². The minimum Gasteiger partial charge on any atom is -0.392 e. The summed E-state index contributed by atoms with van der Waals surface area (Å²) in [6.07, 6.45) is -2.37. The molecule has 6 aromatic rings. The zero-order chi connectivity index (χ0) is 62.7. The third kappa shape index (κ3) is 18.1. The standard InChI is InChI=1S/C44H52N12O22S6/c1-23(57)19-55(20-24(2)58)43-51-39(49-41(53-43)47-33-17-31(79(61,62)63)11-13-35(33)81(67,68)69)45-29-9-7-27(37(15-29)83(73,74)75)5-6-28-8-10-30(16-38(28)84(76,77)78)46-40-50-42(54-44(52-40)56(21-25(3)59)22-26(4)60)48-34-18-32(80(64,65)66)12-14-36(34)82(70,71)72/h5-18,23-26,57-60H,19-22H2,1-4H3,(H,61,62,63)(H,64,65,66)(H,67,68,69)(H,70,71,72)(H,73,74,75)(H,76,77,78)(H2,45,47,49,51,53)(H2,46,48,50,52,54)/b6-5+. The summed E-state index contributed by atoms with van der Waals surface area (Å²) in [6.45, 7) is 4.56. The van der Waals surface area contributed by atoms with Gasteiger partial charge in [0.15, 0.2) is 0 Å². The van der Waals surface area contributed by atoms with Crippen molar-refractivity contribution in [3.05, 3.63) is 106 Å². The Balaban J connectivity index is 1.52. The average molecular weight is 1290 g/mol. The topological polar surface area (TPSA) is 552 Å². The molecule has 0 spiro atoms. The van der Waals surface area contributed by atoms with E-state index in [9.17, 15) is 98.2 Å². The molecule has 0 amide bonds. The second-order valence-corrected chi connectivity index (χ2v) is 26.7. The van der Waals surface area contributed by atoms with Crippen molar-refractivity contribution in [1.82, 2.24) is 29.9 Å². The third-order valence-corrected chi connectivity index (χ3v) is 16.1.